The zero-order chi connectivity index (χ0) is 14.2. The van der Waals surface area contributed by atoms with E-state index < -0.39 is 0 Å². The van der Waals surface area contributed by atoms with E-state index in [0.29, 0.717) is 23.3 Å². The van der Waals surface area contributed by atoms with Crippen LogP contribution in [0.25, 0.3) is 0 Å². The highest BCUT2D eigenvalue weighted by atomic mass is 32.1. The predicted octanol–water partition coefficient (Wildman–Crippen LogP) is 1.60. The molecule has 4 N–H and O–H groups in total. The maximum Gasteiger partial charge on any atom is 0.265 e. The Hall–Kier alpha value is -1.34. The van der Waals surface area contributed by atoms with Crippen LogP contribution in [-0.4, -0.2) is 35.7 Å². The van der Waals surface area contributed by atoms with Gasteiger partial charge in [0.15, 0.2) is 5.13 Å². The van der Waals surface area contributed by atoms with Crippen molar-refractivity contribution in [2.45, 2.75) is 44.2 Å². The number of ether oxygens (including phenoxy) is 1. The van der Waals surface area contributed by atoms with Crippen LogP contribution >= 0.6 is 11.3 Å². The molecule has 1 aliphatic carbocycles. The summed E-state index contributed by atoms with van der Waals surface area (Å²) in [6, 6.07) is 0.501. The van der Waals surface area contributed by atoms with Crippen molar-refractivity contribution in [3.8, 4) is 0 Å². The molecule has 3 rings (SSSR count). The Morgan fingerprint density at radius 1 is 1.55 bits per heavy atom. The topological polar surface area (TPSA) is 89.3 Å². The summed E-state index contributed by atoms with van der Waals surface area (Å²) >= 11 is 1.32. The molecule has 7 heteroatoms. The van der Waals surface area contributed by atoms with Gasteiger partial charge in [0.05, 0.1) is 12.1 Å². The van der Waals surface area contributed by atoms with Gasteiger partial charge in [-0.1, -0.05) is 11.3 Å². The molecule has 0 radical (unpaired) electrons. The average Bonchev–Trinajstić information content (AvgIpc) is 3.12. The summed E-state index contributed by atoms with van der Waals surface area (Å²) in [4.78, 5) is 17.1. The normalized spacial score (nSPS) is 26.2. The largest absolute Gasteiger partial charge is 0.382 e. The third-order valence-electron chi connectivity index (χ3n) is 3.62. The molecule has 2 aliphatic rings. The number of carbonyl (C=O) groups is 1. The Kier molecular flexibility index (Phi) is 3.55. The van der Waals surface area contributed by atoms with Crippen molar-refractivity contribution in [3.63, 3.8) is 0 Å². The van der Waals surface area contributed by atoms with E-state index in [1.165, 1.54) is 11.3 Å². The number of hydrogen-bond acceptors (Lipinski definition) is 6. The lowest BCUT2D eigenvalue weighted by Gasteiger charge is -2.34. The fraction of sp³-hybridized carbons (Fsp3) is 0.692. The van der Waals surface area contributed by atoms with Gasteiger partial charge in [0, 0.05) is 12.6 Å². The molecule has 1 aromatic rings. The van der Waals surface area contributed by atoms with Gasteiger partial charge in [-0.15, -0.1) is 0 Å². The Morgan fingerprint density at radius 2 is 2.35 bits per heavy atom. The number of nitrogens with one attached hydrogen (secondary N) is 2. The Balaban J connectivity index is 1.67. The second-order valence-electron chi connectivity index (χ2n) is 5.82. The van der Waals surface area contributed by atoms with E-state index in [-0.39, 0.29) is 11.4 Å². The standard InChI is InChI=1S/C13H20N4O2S/c1-13(5-2-6-19-7-13)17-11(18)9-10(14)16-12(20-9)15-8-3-4-8/h8H,2-7,14H2,1H3,(H,15,16)(H,17,18). The van der Waals surface area contributed by atoms with Gasteiger partial charge in [0.25, 0.3) is 5.91 Å². The van der Waals surface area contributed by atoms with Gasteiger partial charge < -0.3 is 21.1 Å². The SMILES string of the molecule is CC1(NC(=O)c2sc(NC3CC3)nc2N)CCCOC1. The maximum atomic E-state index is 12.3. The molecular weight excluding hydrogens is 276 g/mol. The fourth-order valence-corrected chi connectivity index (χ4v) is 3.18. The van der Waals surface area contributed by atoms with Crippen molar-refractivity contribution in [1.82, 2.24) is 10.3 Å². The quantitative estimate of drug-likeness (QED) is 0.785. The fourth-order valence-electron chi connectivity index (χ4n) is 2.32. The molecule has 1 aromatic heterocycles. The molecule has 110 valence electrons. The van der Waals surface area contributed by atoms with Gasteiger partial charge in [-0.25, -0.2) is 4.98 Å². The lowest BCUT2D eigenvalue weighted by molar-refractivity contribution is 0.0274. The molecule has 1 saturated carbocycles. The number of thiazole rings is 1. The van der Waals surface area contributed by atoms with Gasteiger partial charge in [0.2, 0.25) is 0 Å². The molecule has 1 saturated heterocycles. The van der Waals surface area contributed by atoms with Crippen molar-refractivity contribution >= 4 is 28.2 Å². The second-order valence-corrected chi connectivity index (χ2v) is 6.82. The Morgan fingerprint density at radius 3 is 3.00 bits per heavy atom. The van der Waals surface area contributed by atoms with Crippen molar-refractivity contribution in [1.29, 1.82) is 0 Å². The number of nitrogens with zero attached hydrogens (tertiary/aromatic N) is 1. The molecule has 2 fully saturated rings. The van der Waals surface area contributed by atoms with Crippen LogP contribution in [0.3, 0.4) is 0 Å². The molecule has 2 heterocycles. The molecule has 0 bridgehead atoms. The number of carbonyl (C=O) groups excluding carboxylic acids is 1. The first-order valence-corrected chi connectivity index (χ1v) is 7.80. The van der Waals surface area contributed by atoms with Crippen LogP contribution in [0.15, 0.2) is 0 Å². The summed E-state index contributed by atoms with van der Waals surface area (Å²) < 4.78 is 5.45. The van der Waals surface area contributed by atoms with Crippen LogP contribution in [0.5, 0.6) is 0 Å². The van der Waals surface area contributed by atoms with Gasteiger partial charge in [-0.3, -0.25) is 4.79 Å². The number of hydrogen-bond donors (Lipinski definition) is 3. The highest BCUT2D eigenvalue weighted by Gasteiger charge is 2.31. The van der Waals surface area contributed by atoms with E-state index in [1.807, 2.05) is 6.92 Å². The molecule has 20 heavy (non-hydrogen) atoms. The minimum atomic E-state index is -0.310. The summed E-state index contributed by atoms with van der Waals surface area (Å²) in [7, 11) is 0. The lowest BCUT2D eigenvalue weighted by Crippen LogP contribution is -2.51. The van der Waals surface area contributed by atoms with Crippen LogP contribution in [0.4, 0.5) is 10.9 Å². The first-order valence-electron chi connectivity index (χ1n) is 6.99. The van der Waals surface area contributed by atoms with Crippen LogP contribution in [-0.2, 0) is 4.74 Å². The lowest BCUT2D eigenvalue weighted by atomic mass is 9.95. The zero-order valence-electron chi connectivity index (χ0n) is 11.6. The van der Waals surface area contributed by atoms with Crippen molar-refractivity contribution in [2.24, 2.45) is 0 Å². The van der Waals surface area contributed by atoms with E-state index in [1.54, 1.807) is 0 Å². The number of nitrogen functional groups attached to an aromatic ring is 1. The molecule has 0 spiro atoms. The monoisotopic (exact) mass is 296 g/mol. The van der Waals surface area contributed by atoms with Crippen LogP contribution in [0.2, 0.25) is 0 Å². The van der Waals surface area contributed by atoms with Crippen molar-refractivity contribution < 1.29 is 9.53 Å². The van der Waals surface area contributed by atoms with E-state index >= 15 is 0 Å². The second kappa shape index (κ2) is 5.21. The number of nitrogens with two attached hydrogens (primary N) is 1. The maximum absolute atomic E-state index is 12.3. The summed E-state index contributed by atoms with van der Waals surface area (Å²) in [6.45, 7) is 3.32. The Labute approximate surface area is 122 Å². The molecule has 1 unspecified atom stereocenters. The van der Waals surface area contributed by atoms with E-state index in [9.17, 15) is 4.79 Å². The predicted molar refractivity (Wildman–Crippen MR) is 79.1 cm³/mol. The molecule has 0 aromatic carbocycles. The average molecular weight is 296 g/mol. The molecule has 6 nitrogen and oxygen atoms in total. The number of aromatic nitrogens is 1. The van der Waals surface area contributed by atoms with Crippen LogP contribution in [0.1, 0.15) is 42.3 Å². The van der Waals surface area contributed by atoms with Crippen molar-refractivity contribution in [3.05, 3.63) is 4.88 Å². The molecular formula is C13H20N4O2S. The first kappa shape index (κ1) is 13.6. The number of amides is 1. The highest BCUT2D eigenvalue weighted by molar-refractivity contribution is 7.18. The van der Waals surface area contributed by atoms with Crippen molar-refractivity contribution in [2.75, 3.05) is 24.3 Å². The minimum Gasteiger partial charge on any atom is -0.382 e. The molecule has 1 atom stereocenters. The van der Waals surface area contributed by atoms with Gasteiger partial charge >= 0.3 is 0 Å². The highest BCUT2D eigenvalue weighted by Crippen LogP contribution is 2.31. The zero-order valence-corrected chi connectivity index (χ0v) is 12.4. The van der Waals surface area contributed by atoms with Crippen LogP contribution in [0, 0.1) is 0 Å². The van der Waals surface area contributed by atoms with Gasteiger partial charge in [-0.2, -0.15) is 0 Å². The number of rotatable bonds is 4. The van der Waals surface area contributed by atoms with Gasteiger partial charge in [0.1, 0.15) is 10.7 Å². The van der Waals surface area contributed by atoms with E-state index in [2.05, 4.69) is 15.6 Å². The third-order valence-corrected chi connectivity index (χ3v) is 4.62. The van der Waals surface area contributed by atoms with E-state index in [0.717, 1.165) is 37.4 Å². The minimum absolute atomic E-state index is 0.156. The van der Waals surface area contributed by atoms with E-state index in [4.69, 9.17) is 10.5 Å². The molecule has 1 amide bonds. The summed E-state index contributed by atoms with van der Waals surface area (Å²) in [6.07, 6.45) is 4.21. The van der Waals surface area contributed by atoms with Gasteiger partial charge in [-0.05, 0) is 32.6 Å². The molecule has 1 aliphatic heterocycles. The summed E-state index contributed by atoms with van der Waals surface area (Å²) in [5, 5.41) is 7.04. The summed E-state index contributed by atoms with van der Waals surface area (Å²) in [5.74, 6) is 0.146. The van der Waals surface area contributed by atoms with Crippen LogP contribution < -0.4 is 16.4 Å². The third kappa shape index (κ3) is 3.04. The number of anilines is 2. The first-order chi connectivity index (χ1) is 9.56. The summed E-state index contributed by atoms with van der Waals surface area (Å²) in [5.41, 5.74) is 5.54. The Bertz CT molecular complexity index is 506. The smallest absolute Gasteiger partial charge is 0.265 e.